The molecule has 20 heavy (non-hydrogen) atoms. The van der Waals surface area contributed by atoms with Gasteiger partial charge in [0.1, 0.15) is 6.04 Å². The number of hydrogen-bond donors (Lipinski definition) is 2. The molecule has 0 aliphatic heterocycles. The maximum Gasteiger partial charge on any atom is 0.326 e. The van der Waals surface area contributed by atoms with E-state index in [1.165, 1.54) is 4.90 Å². The third kappa shape index (κ3) is 3.96. The second-order valence-corrected chi connectivity index (χ2v) is 6.00. The van der Waals surface area contributed by atoms with Crippen LogP contribution >= 0.6 is 15.9 Å². The molecule has 0 spiro atoms. The van der Waals surface area contributed by atoms with Crippen LogP contribution in [0.1, 0.15) is 18.4 Å². The van der Waals surface area contributed by atoms with Crippen molar-refractivity contribution in [3.63, 3.8) is 0 Å². The number of hydrogen-bond acceptors (Lipinski definition) is 2. The van der Waals surface area contributed by atoms with Gasteiger partial charge in [-0.3, -0.25) is 0 Å². The number of nitrogens with one attached hydrogen (secondary N) is 1. The molecule has 0 aromatic heterocycles. The van der Waals surface area contributed by atoms with Crippen molar-refractivity contribution in [3.8, 4) is 0 Å². The number of urea groups is 1. The summed E-state index contributed by atoms with van der Waals surface area (Å²) in [5.41, 5.74) is 0.990. The molecule has 2 rings (SSSR count). The van der Waals surface area contributed by atoms with E-state index in [9.17, 15) is 9.59 Å². The number of carbonyl (C=O) groups is 2. The van der Waals surface area contributed by atoms with E-state index in [2.05, 4.69) is 21.2 Å². The lowest BCUT2D eigenvalue weighted by Gasteiger charge is -2.21. The van der Waals surface area contributed by atoms with Crippen LogP contribution in [0, 0.1) is 5.92 Å². The predicted octanol–water partition coefficient (Wildman–Crippen LogP) is 2.45. The summed E-state index contributed by atoms with van der Waals surface area (Å²) in [6, 6.07) is 6.53. The molecule has 6 heteroatoms. The van der Waals surface area contributed by atoms with Crippen molar-refractivity contribution in [3.05, 3.63) is 34.3 Å². The summed E-state index contributed by atoms with van der Waals surface area (Å²) in [6.45, 7) is 0.441. The molecule has 1 aromatic rings. The molecule has 5 nitrogen and oxygen atoms in total. The molecular weight excluding hydrogens is 324 g/mol. The van der Waals surface area contributed by atoms with Gasteiger partial charge < -0.3 is 15.3 Å². The highest BCUT2D eigenvalue weighted by Crippen LogP contribution is 2.32. The quantitative estimate of drug-likeness (QED) is 0.864. The first-order valence-electron chi connectivity index (χ1n) is 6.46. The van der Waals surface area contributed by atoms with Gasteiger partial charge in [0, 0.05) is 18.1 Å². The minimum absolute atomic E-state index is 0.0810. The monoisotopic (exact) mass is 340 g/mol. The lowest BCUT2D eigenvalue weighted by atomic mass is 10.2. The number of amides is 2. The molecule has 1 aliphatic rings. The topological polar surface area (TPSA) is 69.6 Å². The maximum atomic E-state index is 12.0. The molecule has 1 saturated carbocycles. The van der Waals surface area contributed by atoms with E-state index >= 15 is 0 Å². The summed E-state index contributed by atoms with van der Waals surface area (Å²) in [5, 5.41) is 11.7. The first-order chi connectivity index (χ1) is 9.47. The van der Waals surface area contributed by atoms with Crippen LogP contribution < -0.4 is 5.32 Å². The largest absolute Gasteiger partial charge is 0.480 e. The molecule has 2 amide bonds. The highest BCUT2D eigenvalue weighted by molar-refractivity contribution is 9.10. The van der Waals surface area contributed by atoms with Crippen LogP contribution in [-0.2, 0) is 11.3 Å². The van der Waals surface area contributed by atoms with Gasteiger partial charge in [-0.15, -0.1) is 0 Å². The number of rotatable bonds is 5. The highest BCUT2D eigenvalue weighted by atomic mass is 79.9. The van der Waals surface area contributed by atoms with E-state index in [0.717, 1.165) is 22.9 Å². The van der Waals surface area contributed by atoms with Crippen LogP contribution in [0.4, 0.5) is 4.79 Å². The minimum Gasteiger partial charge on any atom is -0.480 e. The minimum atomic E-state index is -0.960. The standard InChI is InChI=1S/C14H17BrN2O3/c1-17(8-9-2-6-11(15)7-3-9)14(20)16-12(13(18)19)10-4-5-10/h2-3,6-7,10,12H,4-5,8H2,1H3,(H,16,20)(H,18,19). The zero-order chi connectivity index (χ0) is 14.7. The fraction of sp³-hybridized carbons (Fsp3) is 0.429. The first kappa shape index (κ1) is 14.8. The lowest BCUT2D eigenvalue weighted by Crippen LogP contribution is -2.47. The van der Waals surface area contributed by atoms with Gasteiger partial charge in [0.05, 0.1) is 0 Å². The molecule has 0 bridgehead atoms. The summed E-state index contributed by atoms with van der Waals surface area (Å²) >= 11 is 3.35. The van der Waals surface area contributed by atoms with Gasteiger partial charge in [-0.05, 0) is 36.5 Å². The second-order valence-electron chi connectivity index (χ2n) is 5.09. The Hall–Kier alpha value is -1.56. The van der Waals surface area contributed by atoms with Crippen molar-refractivity contribution in [2.24, 2.45) is 5.92 Å². The molecule has 108 valence electrons. The number of carboxylic acid groups (broad SMARTS) is 1. The van der Waals surface area contributed by atoms with Crippen LogP contribution in [0.3, 0.4) is 0 Å². The summed E-state index contributed by atoms with van der Waals surface area (Å²) in [4.78, 5) is 24.6. The van der Waals surface area contributed by atoms with Gasteiger partial charge in [0.15, 0.2) is 0 Å². The van der Waals surface area contributed by atoms with Gasteiger partial charge in [-0.25, -0.2) is 9.59 Å². The molecule has 1 fully saturated rings. The molecule has 1 atom stereocenters. The summed E-state index contributed by atoms with van der Waals surface area (Å²) in [6.07, 6.45) is 1.74. The number of carboxylic acids is 1. The average molecular weight is 341 g/mol. The average Bonchev–Trinajstić information content (AvgIpc) is 3.22. The molecule has 0 saturated heterocycles. The van der Waals surface area contributed by atoms with Crippen molar-refractivity contribution < 1.29 is 14.7 Å². The molecule has 1 aliphatic carbocycles. The van der Waals surface area contributed by atoms with Gasteiger partial charge >= 0.3 is 12.0 Å². The Balaban J connectivity index is 1.91. The summed E-state index contributed by atoms with van der Waals surface area (Å²) in [5.74, 6) is -0.879. The number of aliphatic carboxylic acids is 1. The van der Waals surface area contributed by atoms with E-state index in [4.69, 9.17) is 5.11 Å². The van der Waals surface area contributed by atoms with Crippen molar-refractivity contribution in [1.29, 1.82) is 0 Å². The first-order valence-corrected chi connectivity index (χ1v) is 7.25. The van der Waals surface area contributed by atoms with Gasteiger partial charge in [0.25, 0.3) is 0 Å². The number of benzene rings is 1. The molecule has 0 radical (unpaired) electrons. The van der Waals surface area contributed by atoms with E-state index in [0.29, 0.717) is 6.54 Å². The normalized spacial score (nSPS) is 15.5. The smallest absolute Gasteiger partial charge is 0.326 e. The summed E-state index contributed by atoms with van der Waals surface area (Å²) < 4.78 is 0.980. The zero-order valence-electron chi connectivity index (χ0n) is 11.2. The molecule has 1 unspecified atom stereocenters. The Bertz CT molecular complexity index is 500. The van der Waals surface area contributed by atoms with Crippen LogP contribution in [0.25, 0.3) is 0 Å². The molecule has 0 heterocycles. The van der Waals surface area contributed by atoms with E-state index < -0.39 is 12.0 Å². The van der Waals surface area contributed by atoms with Crippen molar-refractivity contribution in [2.45, 2.75) is 25.4 Å². The fourth-order valence-electron chi connectivity index (χ4n) is 1.99. The van der Waals surface area contributed by atoms with Gasteiger partial charge in [-0.2, -0.15) is 0 Å². The molecule has 1 aromatic carbocycles. The van der Waals surface area contributed by atoms with Gasteiger partial charge in [-0.1, -0.05) is 28.1 Å². The van der Waals surface area contributed by atoms with Crippen LogP contribution in [0.2, 0.25) is 0 Å². The predicted molar refractivity (Wildman–Crippen MR) is 78.3 cm³/mol. The van der Waals surface area contributed by atoms with Crippen molar-refractivity contribution in [2.75, 3.05) is 7.05 Å². The maximum absolute atomic E-state index is 12.0. The molecule has 2 N–H and O–H groups in total. The Morgan fingerprint density at radius 2 is 2.00 bits per heavy atom. The van der Waals surface area contributed by atoms with Crippen LogP contribution in [0.15, 0.2) is 28.7 Å². The number of nitrogens with zero attached hydrogens (tertiary/aromatic N) is 1. The van der Waals surface area contributed by atoms with Crippen molar-refractivity contribution >= 4 is 27.9 Å². The lowest BCUT2D eigenvalue weighted by molar-refractivity contribution is -0.139. The Morgan fingerprint density at radius 3 is 2.50 bits per heavy atom. The van der Waals surface area contributed by atoms with Crippen molar-refractivity contribution in [1.82, 2.24) is 10.2 Å². The molecular formula is C14H17BrN2O3. The van der Waals surface area contributed by atoms with Gasteiger partial charge in [0.2, 0.25) is 0 Å². The second kappa shape index (κ2) is 6.26. The number of carbonyl (C=O) groups excluding carboxylic acids is 1. The SMILES string of the molecule is CN(Cc1ccc(Br)cc1)C(=O)NC(C(=O)O)C1CC1. The van der Waals surface area contributed by atoms with E-state index in [-0.39, 0.29) is 11.9 Å². The number of halogens is 1. The van der Waals surface area contributed by atoms with E-state index in [1.807, 2.05) is 24.3 Å². The Morgan fingerprint density at radius 1 is 1.40 bits per heavy atom. The zero-order valence-corrected chi connectivity index (χ0v) is 12.8. The summed E-state index contributed by atoms with van der Waals surface area (Å²) in [7, 11) is 1.66. The highest BCUT2D eigenvalue weighted by Gasteiger charge is 2.37. The Labute approximate surface area is 126 Å². The third-order valence-corrected chi connectivity index (χ3v) is 3.85. The van der Waals surface area contributed by atoms with Crippen LogP contribution in [-0.4, -0.2) is 35.1 Å². The fourth-order valence-corrected chi connectivity index (χ4v) is 2.25. The van der Waals surface area contributed by atoms with E-state index in [1.54, 1.807) is 7.05 Å². The van der Waals surface area contributed by atoms with Crippen LogP contribution in [0.5, 0.6) is 0 Å². The third-order valence-electron chi connectivity index (χ3n) is 3.32. The Kier molecular flexibility index (Phi) is 4.65.